The van der Waals surface area contributed by atoms with Gasteiger partial charge in [0.05, 0.1) is 30.7 Å². The lowest BCUT2D eigenvalue weighted by molar-refractivity contribution is -0.132. The summed E-state index contributed by atoms with van der Waals surface area (Å²) < 4.78 is 0. The summed E-state index contributed by atoms with van der Waals surface area (Å²) in [6, 6.07) is 4.30. The van der Waals surface area contributed by atoms with Crippen LogP contribution in [0.1, 0.15) is 27.9 Å². The molecule has 0 aromatic heterocycles. The highest BCUT2D eigenvalue weighted by molar-refractivity contribution is 5.88. The van der Waals surface area contributed by atoms with Crippen molar-refractivity contribution in [2.75, 3.05) is 13.2 Å². The van der Waals surface area contributed by atoms with Crippen LogP contribution in [0.15, 0.2) is 18.2 Å². The van der Waals surface area contributed by atoms with Gasteiger partial charge in [-0.05, 0) is 36.6 Å². The third-order valence-corrected chi connectivity index (χ3v) is 3.85. The molecule has 21 heavy (non-hydrogen) atoms. The Morgan fingerprint density at radius 2 is 2.10 bits per heavy atom. The molecule has 1 aliphatic rings. The van der Waals surface area contributed by atoms with Gasteiger partial charge in [0.25, 0.3) is 0 Å². The van der Waals surface area contributed by atoms with Gasteiger partial charge in [-0.15, -0.1) is 0 Å². The van der Waals surface area contributed by atoms with Crippen molar-refractivity contribution in [3.63, 3.8) is 0 Å². The first-order valence-corrected chi connectivity index (χ1v) is 6.83. The van der Waals surface area contributed by atoms with E-state index >= 15 is 0 Å². The molecule has 1 fully saturated rings. The predicted molar refractivity (Wildman–Crippen MR) is 75.1 cm³/mol. The second-order valence-corrected chi connectivity index (χ2v) is 5.40. The van der Waals surface area contributed by atoms with E-state index in [2.05, 4.69) is 0 Å². The van der Waals surface area contributed by atoms with Crippen molar-refractivity contribution in [3.05, 3.63) is 34.9 Å². The number of aliphatic hydroxyl groups excluding tert-OH is 2. The number of nitrogens with zero attached hydrogens (tertiary/aromatic N) is 1. The first kappa shape index (κ1) is 15.5. The van der Waals surface area contributed by atoms with Crippen molar-refractivity contribution in [2.45, 2.75) is 31.9 Å². The van der Waals surface area contributed by atoms with Gasteiger partial charge < -0.3 is 20.2 Å². The van der Waals surface area contributed by atoms with E-state index in [4.69, 9.17) is 5.11 Å². The largest absolute Gasteiger partial charge is 0.478 e. The van der Waals surface area contributed by atoms with Crippen molar-refractivity contribution in [1.82, 2.24) is 4.90 Å². The zero-order valence-corrected chi connectivity index (χ0v) is 11.8. The van der Waals surface area contributed by atoms with Crippen LogP contribution in [0.5, 0.6) is 0 Å². The van der Waals surface area contributed by atoms with E-state index in [1.54, 1.807) is 13.0 Å². The number of aliphatic hydroxyl groups is 2. The Hall–Kier alpha value is -1.92. The minimum Gasteiger partial charge on any atom is -0.478 e. The van der Waals surface area contributed by atoms with Gasteiger partial charge in [-0.1, -0.05) is 6.07 Å². The molecule has 0 unspecified atom stereocenters. The van der Waals surface area contributed by atoms with Crippen LogP contribution < -0.4 is 0 Å². The van der Waals surface area contributed by atoms with E-state index in [0.717, 1.165) is 11.1 Å². The highest BCUT2D eigenvalue weighted by atomic mass is 16.4. The molecule has 0 radical (unpaired) electrons. The lowest BCUT2D eigenvalue weighted by Crippen LogP contribution is -2.39. The van der Waals surface area contributed by atoms with Crippen LogP contribution in [0.4, 0.5) is 0 Å². The van der Waals surface area contributed by atoms with Gasteiger partial charge in [0.1, 0.15) is 0 Å². The molecule has 2 rings (SSSR count). The second-order valence-electron chi connectivity index (χ2n) is 5.40. The van der Waals surface area contributed by atoms with Gasteiger partial charge in [-0.3, -0.25) is 4.79 Å². The van der Waals surface area contributed by atoms with Gasteiger partial charge in [0, 0.05) is 6.54 Å². The molecule has 1 amide bonds. The Bertz CT molecular complexity index is 557. The molecule has 1 heterocycles. The maximum Gasteiger partial charge on any atom is 0.335 e. The van der Waals surface area contributed by atoms with E-state index in [0.29, 0.717) is 6.42 Å². The number of carbonyl (C=O) groups is 2. The molecule has 3 N–H and O–H groups in total. The Morgan fingerprint density at radius 3 is 2.67 bits per heavy atom. The Labute approximate surface area is 122 Å². The van der Waals surface area contributed by atoms with Crippen molar-refractivity contribution < 1.29 is 24.9 Å². The third-order valence-electron chi connectivity index (χ3n) is 3.85. The normalized spacial score (nSPS) is 21.6. The molecule has 0 saturated carbocycles. The van der Waals surface area contributed by atoms with Gasteiger partial charge in [0.2, 0.25) is 5.91 Å². The number of carbonyl (C=O) groups excluding carboxylic acids is 1. The Morgan fingerprint density at radius 1 is 1.38 bits per heavy atom. The van der Waals surface area contributed by atoms with Crippen LogP contribution in [-0.4, -0.2) is 57.4 Å². The third kappa shape index (κ3) is 3.40. The fourth-order valence-corrected chi connectivity index (χ4v) is 2.66. The van der Waals surface area contributed by atoms with Gasteiger partial charge in [-0.25, -0.2) is 4.79 Å². The predicted octanol–water partition coefficient (Wildman–Crippen LogP) is 0.190. The average Bonchev–Trinajstić information content (AvgIpc) is 2.82. The molecule has 0 bridgehead atoms. The summed E-state index contributed by atoms with van der Waals surface area (Å²) in [5.41, 5.74) is 1.68. The lowest BCUT2D eigenvalue weighted by Gasteiger charge is -2.23. The molecule has 6 heteroatoms. The standard InChI is InChI=1S/C15H19NO5/c1-9-4-11(15(20)21)3-2-10(9)5-14(19)16-7-13(18)6-12(16)8-17/h2-4,12-13,17-18H,5-8H2,1H3,(H,20,21)/t12-,13-/m0/s1. The monoisotopic (exact) mass is 293 g/mol. The molecule has 1 aromatic carbocycles. The number of carboxylic acid groups (broad SMARTS) is 1. The highest BCUT2D eigenvalue weighted by Gasteiger charge is 2.33. The SMILES string of the molecule is Cc1cc(C(=O)O)ccc1CC(=O)N1C[C@@H](O)C[C@H]1CO. The molecule has 0 aliphatic carbocycles. The summed E-state index contributed by atoms with van der Waals surface area (Å²) in [5, 5.41) is 27.8. The number of β-amino-alcohol motifs (C(OH)–C–C–N with tert-alkyl or cyclic N) is 1. The molecule has 1 saturated heterocycles. The average molecular weight is 293 g/mol. The molecule has 1 aromatic rings. The zero-order chi connectivity index (χ0) is 15.6. The van der Waals surface area contributed by atoms with Crippen molar-refractivity contribution in [2.24, 2.45) is 0 Å². The molecule has 1 aliphatic heterocycles. The Kier molecular flexibility index (Phi) is 4.59. The summed E-state index contributed by atoms with van der Waals surface area (Å²) in [6.07, 6.45) is -0.0738. The summed E-state index contributed by atoms with van der Waals surface area (Å²) >= 11 is 0. The molecule has 114 valence electrons. The Balaban J connectivity index is 2.11. The molecule has 6 nitrogen and oxygen atoms in total. The number of aromatic carboxylic acids is 1. The number of likely N-dealkylation sites (tertiary alicyclic amines) is 1. The number of benzene rings is 1. The van der Waals surface area contributed by atoms with Gasteiger partial charge in [-0.2, -0.15) is 0 Å². The number of carboxylic acids is 1. The number of hydrogen-bond acceptors (Lipinski definition) is 4. The highest BCUT2D eigenvalue weighted by Crippen LogP contribution is 2.20. The van der Waals surface area contributed by atoms with E-state index in [9.17, 15) is 19.8 Å². The van der Waals surface area contributed by atoms with Crippen LogP contribution in [0.25, 0.3) is 0 Å². The van der Waals surface area contributed by atoms with E-state index in [1.165, 1.54) is 17.0 Å². The summed E-state index contributed by atoms with van der Waals surface area (Å²) in [5.74, 6) is -1.17. The van der Waals surface area contributed by atoms with E-state index in [1.807, 2.05) is 0 Å². The molecular formula is C15H19NO5. The minimum absolute atomic E-state index is 0.134. The zero-order valence-electron chi connectivity index (χ0n) is 11.8. The minimum atomic E-state index is -1.00. The van der Waals surface area contributed by atoms with Crippen LogP contribution in [-0.2, 0) is 11.2 Å². The topological polar surface area (TPSA) is 98.1 Å². The quantitative estimate of drug-likeness (QED) is 0.736. The van der Waals surface area contributed by atoms with Crippen molar-refractivity contribution >= 4 is 11.9 Å². The molecule has 2 atom stereocenters. The fraction of sp³-hybridized carbons (Fsp3) is 0.467. The summed E-state index contributed by atoms with van der Waals surface area (Å²) in [6.45, 7) is 1.83. The molecule has 0 spiro atoms. The number of aryl methyl sites for hydroxylation is 1. The van der Waals surface area contributed by atoms with Gasteiger partial charge >= 0.3 is 5.97 Å². The fourth-order valence-electron chi connectivity index (χ4n) is 2.66. The first-order chi connectivity index (χ1) is 9.92. The maximum atomic E-state index is 12.3. The van der Waals surface area contributed by atoms with Crippen molar-refractivity contribution in [1.29, 1.82) is 0 Å². The van der Waals surface area contributed by atoms with Crippen LogP contribution in [0, 0.1) is 6.92 Å². The number of rotatable bonds is 4. The first-order valence-electron chi connectivity index (χ1n) is 6.83. The smallest absolute Gasteiger partial charge is 0.335 e. The summed E-state index contributed by atoms with van der Waals surface area (Å²) in [7, 11) is 0. The van der Waals surface area contributed by atoms with Crippen LogP contribution in [0.3, 0.4) is 0 Å². The maximum absolute atomic E-state index is 12.3. The lowest BCUT2D eigenvalue weighted by atomic mass is 10.0. The molecular weight excluding hydrogens is 274 g/mol. The summed E-state index contributed by atoms with van der Waals surface area (Å²) in [4.78, 5) is 24.7. The van der Waals surface area contributed by atoms with E-state index in [-0.39, 0.29) is 37.1 Å². The van der Waals surface area contributed by atoms with Crippen molar-refractivity contribution in [3.8, 4) is 0 Å². The van der Waals surface area contributed by atoms with Gasteiger partial charge in [0.15, 0.2) is 0 Å². The van der Waals surface area contributed by atoms with Crippen LogP contribution in [0.2, 0.25) is 0 Å². The van der Waals surface area contributed by atoms with Crippen LogP contribution >= 0.6 is 0 Å². The number of amides is 1. The van der Waals surface area contributed by atoms with E-state index < -0.39 is 12.1 Å². The number of hydrogen-bond donors (Lipinski definition) is 3. The second kappa shape index (κ2) is 6.24.